The van der Waals surface area contributed by atoms with Crippen molar-refractivity contribution in [1.82, 2.24) is 4.90 Å². The second kappa shape index (κ2) is 9.71. The number of fused-ring (bicyclic) bond motifs is 2. The Morgan fingerprint density at radius 2 is 1.81 bits per heavy atom. The molecule has 1 aromatic rings. The first-order chi connectivity index (χ1) is 20.1. The van der Waals surface area contributed by atoms with E-state index in [2.05, 4.69) is 17.1 Å². The van der Waals surface area contributed by atoms with E-state index in [1.807, 2.05) is 0 Å². The Kier molecular flexibility index (Phi) is 6.63. The number of amides is 1. The number of piperidine rings is 1. The topological polar surface area (TPSA) is 127 Å². The number of anilines is 1. The van der Waals surface area contributed by atoms with Gasteiger partial charge in [-0.25, -0.2) is 4.79 Å². The van der Waals surface area contributed by atoms with Gasteiger partial charge in [0.15, 0.2) is 0 Å². The first-order valence-corrected chi connectivity index (χ1v) is 15.5. The van der Waals surface area contributed by atoms with Gasteiger partial charge < -0.3 is 34.5 Å². The summed E-state index contributed by atoms with van der Waals surface area (Å²) in [5.74, 6) is -1.66. The first kappa shape index (κ1) is 28.7. The zero-order chi connectivity index (χ0) is 29.8. The van der Waals surface area contributed by atoms with E-state index in [0.717, 1.165) is 6.54 Å². The SMILES string of the molecule is CCN1C[C@]2(OC(=O)c3ccccc3NC(C)=O)CC[C@@H](OC)[C@]34[C@@H]2C[C@H]([C@@H]2[C@H](O)[C@H](OC)[C@H]5C[C@@H]3[C@]2(O)[C@H]5OC)[C@@H]14. The Bertz CT molecular complexity index is 1280. The molecule has 0 radical (unpaired) electrons. The molecule has 6 fully saturated rings. The number of hydrogen-bond acceptors (Lipinski definition) is 9. The van der Waals surface area contributed by atoms with E-state index in [1.165, 1.54) is 6.92 Å². The molecule has 10 nitrogen and oxygen atoms in total. The molecule has 1 aliphatic heterocycles. The fourth-order valence-corrected chi connectivity index (χ4v) is 11.7. The van der Waals surface area contributed by atoms with Gasteiger partial charge in [-0.1, -0.05) is 19.1 Å². The molecule has 1 saturated heterocycles. The average Bonchev–Trinajstić information content (AvgIpc) is 3.35. The number of aliphatic hydroxyl groups is 2. The summed E-state index contributed by atoms with van der Waals surface area (Å²) >= 11 is 0. The maximum absolute atomic E-state index is 14.0. The van der Waals surface area contributed by atoms with Crippen LogP contribution in [-0.2, 0) is 23.7 Å². The summed E-state index contributed by atoms with van der Waals surface area (Å²) in [6.45, 7) is 4.88. The van der Waals surface area contributed by atoms with Crippen molar-refractivity contribution in [3.05, 3.63) is 29.8 Å². The van der Waals surface area contributed by atoms with Crippen molar-refractivity contribution in [3.63, 3.8) is 0 Å². The third-order valence-corrected chi connectivity index (χ3v) is 12.5. The van der Waals surface area contributed by atoms with Crippen LogP contribution in [0.1, 0.15) is 49.9 Å². The second-order valence-electron chi connectivity index (χ2n) is 13.6. The fraction of sp³-hybridized carbons (Fsp3) is 0.750. The molecule has 1 spiro atoms. The molecule has 13 atom stereocenters. The van der Waals surface area contributed by atoms with Gasteiger partial charge in [0.05, 0.1) is 35.7 Å². The van der Waals surface area contributed by atoms with E-state index in [1.54, 1.807) is 45.6 Å². The molecule has 1 amide bonds. The van der Waals surface area contributed by atoms with Gasteiger partial charge in [-0.15, -0.1) is 0 Å². The summed E-state index contributed by atoms with van der Waals surface area (Å²) in [5.41, 5.74) is -1.80. The quantitative estimate of drug-likeness (QED) is 0.413. The lowest BCUT2D eigenvalue weighted by molar-refractivity contribution is -0.309. The predicted molar refractivity (Wildman–Crippen MR) is 152 cm³/mol. The highest BCUT2D eigenvalue weighted by Crippen LogP contribution is 2.78. The standard InChI is InChI=1S/C32H44N2O8/c1-6-34-15-30(42-29(37)17-9-7-8-10-20(17)33-16(2)35)12-11-23(39-3)31-21(30)13-18(27(31)34)24-25(36)26(40-4)19-14-22(31)32(24,38)28(19)41-5/h7-10,18-19,21-28,36,38H,6,11-15H2,1-5H3,(H,33,35)/t18-,19-,21-,22+,23-,24-,25+,26-,27-,28+,30-,31+,32-/m1/s1. The van der Waals surface area contributed by atoms with Crippen molar-refractivity contribution in [2.75, 3.05) is 39.7 Å². The van der Waals surface area contributed by atoms with Crippen LogP contribution in [0.4, 0.5) is 5.69 Å². The van der Waals surface area contributed by atoms with Crippen molar-refractivity contribution in [3.8, 4) is 0 Å². The minimum absolute atomic E-state index is 0.0523. The smallest absolute Gasteiger partial charge is 0.340 e. The molecule has 10 heteroatoms. The lowest BCUT2D eigenvalue weighted by atomic mass is 9.44. The van der Waals surface area contributed by atoms with Gasteiger partial charge in [0.25, 0.3) is 0 Å². The molecular weight excluding hydrogens is 540 g/mol. The summed E-state index contributed by atoms with van der Waals surface area (Å²) in [7, 11) is 5.06. The van der Waals surface area contributed by atoms with Gasteiger partial charge in [-0.3, -0.25) is 9.69 Å². The van der Waals surface area contributed by atoms with Gasteiger partial charge in [0.1, 0.15) is 11.2 Å². The van der Waals surface area contributed by atoms with Gasteiger partial charge >= 0.3 is 5.97 Å². The van der Waals surface area contributed by atoms with Crippen LogP contribution >= 0.6 is 0 Å². The lowest BCUT2D eigenvalue weighted by Gasteiger charge is -2.69. The third kappa shape index (κ3) is 3.31. The highest BCUT2D eigenvalue weighted by molar-refractivity contribution is 6.00. The van der Waals surface area contributed by atoms with Gasteiger partial charge in [0, 0.05) is 69.9 Å². The Morgan fingerprint density at radius 3 is 2.48 bits per heavy atom. The lowest BCUT2D eigenvalue weighted by Crippen LogP contribution is -2.80. The number of likely N-dealkylation sites (tertiary alicyclic amines) is 1. The number of aliphatic hydroxyl groups excluding tert-OH is 1. The van der Waals surface area contributed by atoms with Crippen LogP contribution in [0.25, 0.3) is 0 Å². The summed E-state index contributed by atoms with van der Waals surface area (Å²) in [6, 6.07) is 7.02. The number of benzene rings is 1. The molecule has 1 aromatic carbocycles. The van der Waals surface area contributed by atoms with Crippen LogP contribution in [-0.4, -0.2) is 103 Å². The number of para-hydroxylation sites is 1. The number of methoxy groups -OCH3 is 3. The average molecular weight is 585 g/mol. The largest absolute Gasteiger partial charge is 0.454 e. The monoisotopic (exact) mass is 584 g/mol. The fourth-order valence-electron chi connectivity index (χ4n) is 11.7. The summed E-state index contributed by atoms with van der Waals surface area (Å²) in [5, 5.41) is 27.5. The minimum Gasteiger partial charge on any atom is -0.454 e. The number of hydrogen-bond donors (Lipinski definition) is 3. The van der Waals surface area contributed by atoms with E-state index in [4.69, 9.17) is 18.9 Å². The van der Waals surface area contributed by atoms with E-state index in [9.17, 15) is 19.8 Å². The van der Waals surface area contributed by atoms with Crippen LogP contribution in [0.5, 0.6) is 0 Å². The van der Waals surface area contributed by atoms with Crippen LogP contribution in [0.3, 0.4) is 0 Å². The molecule has 3 N–H and O–H groups in total. The molecule has 0 aromatic heterocycles. The number of ether oxygens (including phenoxy) is 4. The number of rotatable bonds is 7. The Morgan fingerprint density at radius 1 is 1.07 bits per heavy atom. The Balaban J connectivity index is 1.37. The summed E-state index contributed by atoms with van der Waals surface area (Å²) in [4.78, 5) is 28.4. The van der Waals surface area contributed by atoms with E-state index in [0.29, 0.717) is 43.5 Å². The van der Waals surface area contributed by atoms with Crippen LogP contribution < -0.4 is 5.32 Å². The Hall–Kier alpha value is -2.08. The molecule has 7 bridgehead atoms. The van der Waals surface area contributed by atoms with Gasteiger partial charge in [-0.05, 0) is 50.3 Å². The zero-order valence-electron chi connectivity index (χ0n) is 25.1. The maximum Gasteiger partial charge on any atom is 0.340 e. The Labute approximate surface area is 247 Å². The van der Waals surface area contributed by atoms with E-state index in [-0.39, 0.29) is 41.7 Å². The van der Waals surface area contributed by atoms with Crippen molar-refractivity contribution >= 4 is 17.6 Å². The first-order valence-electron chi connectivity index (χ1n) is 15.5. The van der Waals surface area contributed by atoms with E-state index < -0.39 is 46.8 Å². The molecule has 6 aliphatic rings. The van der Waals surface area contributed by atoms with Gasteiger partial charge in [-0.2, -0.15) is 0 Å². The third-order valence-electron chi connectivity index (χ3n) is 12.5. The normalized spacial score (nSPS) is 48.2. The molecular formula is C32H44N2O8. The van der Waals surface area contributed by atoms with Crippen molar-refractivity contribution in [2.45, 2.75) is 81.2 Å². The van der Waals surface area contributed by atoms with Crippen molar-refractivity contribution in [1.29, 1.82) is 0 Å². The number of esters is 1. The highest BCUT2D eigenvalue weighted by atomic mass is 16.6. The number of nitrogens with one attached hydrogen (secondary N) is 1. The number of carbonyl (C=O) groups excluding carboxylic acids is 2. The highest BCUT2D eigenvalue weighted by Gasteiger charge is 2.86. The maximum atomic E-state index is 14.0. The molecule has 230 valence electrons. The van der Waals surface area contributed by atoms with Crippen LogP contribution in [0, 0.1) is 35.0 Å². The molecule has 7 rings (SSSR count). The van der Waals surface area contributed by atoms with E-state index >= 15 is 0 Å². The number of nitrogens with zero attached hydrogens (tertiary/aromatic N) is 1. The van der Waals surface area contributed by atoms with Crippen LogP contribution in [0.15, 0.2) is 24.3 Å². The number of likely N-dealkylation sites (N-methyl/N-ethyl adjacent to an activating group) is 1. The molecule has 1 heterocycles. The molecule has 5 aliphatic carbocycles. The minimum atomic E-state index is -1.25. The number of carbonyl (C=O) groups is 2. The predicted octanol–water partition coefficient (Wildman–Crippen LogP) is 2.08. The molecule has 42 heavy (non-hydrogen) atoms. The molecule has 0 unspecified atom stereocenters. The summed E-state index contributed by atoms with van der Waals surface area (Å²) < 4.78 is 25.1. The molecule has 5 saturated carbocycles. The van der Waals surface area contributed by atoms with Crippen LogP contribution in [0.2, 0.25) is 0 Å². The second-order valence-corrected chi connectivity index (χ2v) is 13.6. The zero-order valence-corrected chi connectivity index (χ0v) is 25.1. The van der Waals surface area contributed by atoms with Crippen molar-refractivity contribution in [2.24, 2.45) is 35.0 Å². The van der Waals surface area contributed by atoms with Gasteiger partial charge in [0.2, 0.25) is 5.91 Å². The summed E-state index contributed by atoms with van der Waals surface area (Å²) in [6.07, 6.45) is 0.833. The van der Waals surface area contributed by atoms with Crippen molar-refractivity contribution < 1.29 is 38.7 Å².